The lowest BCUT2D eigenvalue weighted by Crippen LogP contribution is -2.41. The molecular formula is C19H20FN3O2. The minimum atomic E-state index is -0.569. The van der Waals surface area contributed by atoms with Gasteiger partial charge >= 0.3 is 0 Å². The van der Waals surface area contributed by atoms with Crippen LogP contribution in [0.2, 0.25) is 0 Å². The Labute approximate surface area is 146 Å². The summed E-state index contributed by atoms with van der Waals surface area (Å²) in [6.45, 7) is 0.493. The van der Waals surface area contributed by atoms with Gasteiger partial charge < -0.3 is 15.1 Å². The molecule has 1 saturated heterocycles. The SMILES string of the molecule is CN(C)c1cccc(C(=O)NC2CCN(c3ccc(F)cc3)C2=O)c1. The molecule has 2 aromatic carbocycles. The van der Waals surface area contributed by atoms with Gasteiger partial charge in [-0.3, -0.25) is 9.59 Å². The number of carbonyl (C=O) groups excluding carboxylic acids is 2. The van der Waals surface area contributed by atoms with Crippen molar-refractivity contribution in [2.24, 2.45) is 0 Å². The van der Waals surface area contributed by atoms with Crippen LogP contribution in [0.1, 0.15) is 16.8 Å². The molecule has 0 saturated carbocycles. The van der Waals surface area contributed by atoms with E-state index < -0.39 is 6.04 Å². The van der Waals surface area contributed by atoms with E-state index in [9.17, 15) is 14.0 Å². The van der Waals surface area contributed by atoms with Crippen LogP contribution in [0.5, 0.6) is 0 Å². The highest BCUT2D eigenvalue weighted by atomic mass is 19.1. The minimum Gasteiger partial charge on any atom is -0.378 e. The highest BCUT2D eigenvalue weighted by Crippen LogP contribution is 2.22. The van der Waals surface area contributed by atoms with E-state index in [2.05, 4.69) is 5.32 Å². The maximum atomic E-state index is 13.0. The van der Waals surface area contributed by atoms with Crippen LogP contribution in [0.15, 0.2) is 48.5 Å². The third kappa shape index (κ3) is 3.63. The van der Waals surface area contributed by atoms with E-state index in [4.69, 9.17) is 0 Å². The van der Waals surface area contributed by atoms with Crippen LogP contribution >= 0.6 is 0 Å². The number of nitrogens with one attached hydrogen (secondary N) is 1. The Balaban J connectivity index is 1.69. The molecule has 1 fully saturated rings. The zero-order valence-electron chi connectivity index (χ0n) is 14.2. The average molecular weight is 341 g/mol. The highest BCUT2D eigenvalue weighted by molar-refractivity contribution is 6.04. The lowest BCUT2D eigenvalue weighted by Gasteiger charge is -2.18. The smallest absolute Gasteiger partial charge is 0.252 e. The molecule has 0 bridgehead atoms. The summed E-state index contributed by atoms with van der Waals surface area (Å²) in [6, 6.07) is 12.4. The van der Waals surface area contributed by atoms with Gasteiger partial charge in [-0.05, 0) is 48.9 Å². The first-order valence-corrected chi connectivity index (χ1v) is 8.11. The Hall–Kier alpha value is -2.89. The molecule has 5 nitrogen and oxygen atoms in total. The zero-order valence-corrected chi connectivity index (χ0v) is 14.2. The van der Waals surface area contributed by atoms with Gasteiger partial charge in [-0.15, -0.1) is 0 Å². The molecule has 1 unspecified atom stereocenters. The molecule has 1 aliphatic rings. The Morgan fingerprint density at radius 1 is 1.20 bits per heavy atom. The Morgan fingerprint density at radius 2 is 1.92 bits per heavy atom. The number of halogens is 1. The summed E-state index contributed by atoms with van der Waals surface area (Å²) < 4.78 is 13.0. The number of amides is 2. The molecule has 1 heterocycles. The Morgan fingerprint density at radius 3 is 2.60 bits per heavy atom. The van der Waals surface area contributed by atoms with Gasteiger partial charge in [-0.2, -0.15) is 0 Å². The topological polar surface area (TPSA) is 52.7 Å². The van der Waals surface area contributed by atoms with E-state index in [0.29, 0.717) is 24.2 Å². The van der Waals surface area contributed by atoms with Crippen molar-refractivity contribution in [2.75, 3.05) is 30.4 Å². The third-order valence-electron chi connectivity index (χ3n) is 4.27. The van der Waals surface area contributed by atoms with Crippen LogP contribution < -0.4 is 15.1 Å². The predicted octanol–water partition coefficient (Wildman–Crippen LogP) is 2.43. The summed E-state index contributed by atoms with van der Waals surface area (Å²) >= 11 is 0. The van der Waals surface area contributed by atoms with Crippen molar-refractivity contribution in [2.45, 2.75) is 12.5 Å². The standard InChI is InChI=1S/C19H20FN3O2/c1-22(2)16-5-3-4-13(12-16)18(24)21-17-10-11-23(19(17)25)15-8-6-14(20)7-9-15/h3-9,12,17H,10-11H2,1-2H3,(H,21,24). The molecule has 0 aliphatic carbocycles. The second kappa shape index (κ2) is 6.93. The summed E-state index contributed by atoms with van der Waals surface area (Å²) in [5, 5.41) is 2.80. The summed E-state index contributed by atoms with van der Waals surface area (Å²) in [4.78, 5) is 28.5. The van der Waals surface area contributed by atoms with Gasteiger partial charge in [-0.25, -0.2) is 4.39 Å². The van der Waals surface area contributed by atoms with Gasteiger partial charge in [0.05, 0.1) is 0 Å². The Bertz CT molecular complexity index is 790. The number of rotatable bonds is 4. The van der Waals surface area contributed by atoms with Crippen LogP contribution in [-0.4, -0.2) is 38.5 Å². The van der Waals surface area contributed by atoms with Crippen molar-refractivity contribution in [3.8, 4) is 0 Å². The summed E-state index contributed by atoms with van der Waals surface area (Å²) in [5.41, 5.74) is 2.07. The van der Waals surface area contributed by atoms with Crippen molar-refractivity contribution in [1.82, 2.24) is 5.32 Å². The normalized spacial score (nSPS) is 16.8. The van der Waals surface area contributed by atoms with Crippen LogP contribution in [0.4, 0.5) is 15.8 Å². The molecule has 0 spiro atoms. The van der Waals surface area contributed by atoms with Crippen molar-refractivity contribution < 1.29 is 14.0 Å². The molecule has 130 valence electrons. The molecule has 2 amide bonds. The van der Waals surface area contributed by atoms with Crippen LogP contribution in [0.3, 0.4) is 0 Å². The quantitative estimate of drug-likeness (QED) is 0.929. The summed E-state index contributed by atoms with van der Waals surface area (Å²) in [5.74, 6) is -0.798. The molecule has 1 atom stereocenters. The van der Waals surface area contributed by atoms with Gasteiger partial charge in [0.2, 0.25) is 5.91 Å². The Kier molecular flexibility index (Phi) is 4.70. The summed E-state index contributed by atoms with van der Waals surface area (Å²) in [7, 11) is 3.80. The molecular weight excluding hydrogens is 321 g/mol. The lowest BCUT2D eigenvalue weighted by molar-refractivity contribution is -0.118. The maximum Gasteiger partial charge on any atom is 0.252 e. The van der Waals surface area contributed by atoms with E-state index >= 15 is 0 Å². The van der Waals surface area contributed by atoms with E-state index in [-0.39, 0.29) is 17.6 Å². The fourth-order valence-corrected chi connectivity index (χ4v) is 2.86. The number of carbonyl (C=O) groups is 2. The first kappa shape index (κ1) is 17.0. The second-order valence-corrected chi connectivity index (χ2v) is 6.23. The van der Waals surface area contributed by atoms with Crippen molar-refractivity contribution in [3.05, 3.63) is 59.9 Å². The lowest BCUT2D eigenvalue weighted by atomic mass is 10.1. The minimum absolute atomic E-state index is 0.177. The fraction of sp³-hybridized carbons (Fsp3) is 0.263. The fourth-order valence-electron chi connectivity index (χ4n) is 2.86. The summed E-state index contributed by atoms with van der Waals surface area (Å²) in [6.07, 6.45) is 0.523. The molecule has 6 heteroatoms. The van der Waals surface area contributed by atoms with Crippen LogP contribution in [0.25, 0.3) is 0 Å². The third-order valence-corrected chi connectivity index (χ3v) is 4.27. The first-order chi connectivity index (χ1) is 12.0. The monoisotopic (exact) mass is 341 g/mol. The maximum absolute atomic E-state index is 13.0. The largest absolute Gasteiger partial charge is 0.378 e. The van der Waals surface area contributed by atoms with E-state index in [1.54, 1.807) is 29.2 Å². The van der Waals surface area contributed by atoms with Crippen molar-refractivity contribution >= 4 is 23.2 Å². The average Bonchev–Trinajstić information content (AvgIpc) is 2.96. The van der Waals surface area contributed by atoms with Crippen LogP contribution in [0, 0.1) is 5.82 Å². The predicted molar refractivity (Wildman–Crippen MR) is 95.4 cm³/mol. The van der Waals surface area contributed by atoms with Gasteiger partial charge in [0.25, 0.3) is 5.91 Å². The van der Waals surface area contributed by atoms with E-state index in [1.165, 1.54) is 12.1 Å². The zero-order chi connectivity index (χ0) is 18.0. The van der Waals surface area contributed by atoms with Crippen LogP contribution in [-0.2, 0) is 4.79 Å². The number of benzene rings is 2. The number of nitrogens with zero attached hydrogens (tertiary/aromatic N) is 2. The molecule has 1 aliphatic heterocycles. The van der Waals surface area contributed by atoms with Gasteiger partial charge in [-0.1, -0.05) is 6.07 Å². The molecule has 3 rings (SSSR count). The number of hydrogen-bond acceptors (Lipinski definition) is 3. The van der Waals surface area contributed by atoms with Crippen molar-refractivity contribution in [1.29, 1.82) is 0 Å². The number of anilines is 2. The molecule has 0 radical (unpaired) electrons. The number of hydrogen-bond donors (Lipinski definition) is 1. The van der Waals surface area contributed by atoms with Crippen molar-refractivity contribution in [3.63, 3.8) is 0 Å². The highest BCUT2D eigenvalue weighted by Gasteiger charge is 2.33. The molecule has 0 aromatic heterocycles. The van der Waals surface area contributed by atoms with E-state index in [0.717, 1.165) is 5.69 Å². The van der Waals surface area contributed by atoms with Gasteiger partial charge in [0.15, 0.2) is 0 Å². The molecule has 25 heavy (non-hydrogen) atoms. The van der Waals surface area contributed by atoms with Gasteiger partial charge in [0.1, 0.15) is 11.9 Å². The first-order valence-electron chi connectivity index (χ1n) is 8.11. The molecule has 2 aromatic rings. The van der Waals surface area contributed by atoms with Gasteiger partial charge in [0, 0.05) is 37.6 Å². The second-order valence-electron chi connectivity index (χ2n) is 6.23. The van der Waals surface area contributed by atoms with E-state index in [1.807, 2.05) is 31.1 Å². The molecule has 1 N–H and O–H groups in total.